The van der Waals surface area contributed by atoms with Crippen LogP contribution in [0.5, 0.6) is 0 Å². The van der Waals surface area contributed by atoms with Crippen LogP contribution in [0, 0.1) is 6.92 Å². The van der Waals surface area contributed by atoms with E-state index in [4.69, 9.17) is 1.37 Å². The highest BCUT2D eigenvalue weighted by Crippen LogP contribution is 2.45. The lowest BCUT2D eigenvalue weighted by Crippen LogP contribution is -1.91. The predicted molar refractivity (Wildman–Crippen MR) is 218 cm³/mol. The quantitative estimate of drug-likeness (QED) is 0.166. The van der Waals surface area contributed by atoms with Crippen molar-refractivity contribution in [2.45, 2.75) is 6.92 Å². The Morgan fingerprint density at radius 2 is 0.960 bits per heavy atom. The molecule has 1 aromatic heterocycles. The van der Waals surface area contributed by atoms with E-state index < -0.39 is 0 Å². The monoisotopic (exact) mass is 653 g/mol. The highest BCUT2D eigenvalue weighted by atomic mass is 32.1. The Hall–Kier alpha value is -6.02. The fourth-order valence-electron chi connectivity index (χ4n) is 7.90. The molecule has 0 fully saturated rings. The van der Waals surface area contributed by atoms with Crippen LogP contribution < -0.4 is 0 Å². The summed E-state index contributed by atoms with van der Waals surface area (Å²) in [5.74, 6) is 0. The van der Waals surface area contributed by atoms with Crippen molar-refractivity contribution in [1.29, 1.82) is 0 Å². The maximum Gasteiger partial charge on any atom is 0.0623 e. The van der Waals surface area contributed by atoms with Crippen LogP contribution in [0.4, 0.5) is 0 Å². The van der Waals surface area contributed by atoms with E-state index in [0.717, 1.165) is 10.8 Å². The highest BCUT2D eigenvalue weighted by Gasteiger charge is 2.18. The Kier molecular flexibility index (Phi) is 6.44. The average Bonchev–Trinajstić information content (AvgIpc) is 3.58. The first-order valence-corrected chi connectivity index (χ1v) is 18.0. The maximum atomic E-state index is 7.97. The molecular weight excluding hydrogens is 621 g/mol. The summed E-state index contributed by atoms with van der Waals surface area (Å²) < 4.78 is 10.7. The number of fused-ring (bicyclic) bond motifs is 6. The lowest BCUT2D eigenvalue weighted by molar-refractivity contribution is 1.55. The van der Waals surface area contributed by atoms with Crippen LogP contribution >= 0.6 is 11.3 Å². The molecule has 0 spiro atoms. The van der Waals surface area contributed by atoms with E-state index in [9.17, 15) is 0 Å². The molecular formula is C49H32S. The van der Waals surface area contributed by atoms with E-state index in [1.165, 1.54) is 91.8 Å². The number of hydrogen-bond acceptors (Lipinski definition) is 1. The minimum atomic E-state index is 0.540. The van der Waals surface area contributed by atoms with Gasteiger partial charge in [0.25, 0.3) is 0 Å². The normalized spacial score (nSPS) is 12.0. The van der Waals surface area contributed by atoms with Gasteiger partial charge in [-0.25, -0.2) is 0 Å². The average molecular weight is 654 g/mol. The van der Waals surface area contributed by atoms with Gasteiger partial charge in [-0.05, 0) is 101 Å². The molecule has 0 N–H and O–H groups in total. The smallest absolute Gasteiger partial charge is 0.0623 e. The molecule has 0 nitrogen and oxygen atoms in total. The maximum absolute atomic E-state index is 7.97. The van der Waals surface area contributed by atoms with Gasteiger partial charge in [-0.2, -0.15) is 0 Å². The van der Waals surface area contributed by atoms with Crippen LogP contribution in [0.1, 0.15) is 6.93 Å². The van der Waals surface area contributed by atoms with E-state index in [1.54, 1.807) is 0 Å². The largest absolute Gasteiger partial charge is 0.135 e. The zero-order valence-electron chi connectivity index (χ0n) is 28.6. The van der Waals surface area contributed by atoms with Crippen molar-refractivity contribution >= 4 is 63.8 Å². The first-order valence-electron chi connectivity index (χ1n) is 17.7. The molecule has 10 rings (SSSR count). The van der Waals surface area contributed by atoms with Crippen molar-refractivity contribution < 1.29 is 1.37 Å². The number of rotatable bonds is 4. The summed E-state index contributed by atoms with van der Waals surface area (Å²) in [4.78, 5) is 0. The Balaban J connectivity index is 1.10. The molecule has 1 heterocycles. The lowest BCUT2D eigenvalue weighted by atomic mass is 9.85. The molecule has 0 saturated heterocycles. The van der Waals surface area contributed by atoms with Crippen molar-refractivity contribution in [3.8, 4) is 44.5 Å². The molecule has 1 heteroatoms. The minimum absolute atomic E-state index is 0.540. The number of thiophene rings is 1. The van der Waals surface area contributed by atoms with Gasteiger partial charge in [0, 0.05) is 20.2 Å². The molecule has 0 saturated carbocycles. The van der Waals surface area contributed by atoms with E-state index in [1.807, 2.05) is 29.5 Å². The van der Waals surface area contributed by atoms with Gasteiger partial charge in [0.1, 0.15) is 0 Å². The van der Waals surface area contributed by atoms with Gasteiger partial charge >= 0.3 is 0 Å². The summed E-state index contributed by atoms with van der Waals surface area (Å²) in [7, 11) is 0. The Labute approximate surface area is 296 Å². The molecule has 50 heavy (non-hydrogen) atoms. The van der Waals surface area contributed by atoms with Gasteiger partial charge in [0.2, 0.25) is 0 Å². The molecule has 0 bridgehead atoms. The first kappa shape index (κ1) is 27.9. The van der Waals surface area contributed by atoms with Crippen molar-refractivity contribution in [1.82, 2.24) is 0 Å². The van der Waals surface area contributed by atoms with Crippen molar-refractivity contribution in [2.75, 3.05) is 0 Å². The molecule has 0 aliphatic heterocycles. The molecule has 0 atom stereocenters. The van der Waals surface area contributed by atoms with Crippen molar-refractivity contribution in [2.24, 2.45) is 0 Å². The fraction of sp³-hybridized carbons (Fsp3) is 0.0204. The SMILES string of the molecule is [2H]c1ccc2cc(-c3ccc(-c4c5ccccc5c(-c5ccc(-c6ccc(C)c7sc8ccccc8c67)cc5)c5ccccc45)cc3)ccc2c1. The van der Waals surface area contributed by atoms with Gasteiger partial charge in [0.05, 0.1) is 1.37 Å². The van der Waals surface area contributed by atoms with Gasteiger partial charge < -0.3 is 0 Å². The second-order valence-electron chi connectivity index (χ2n) is 13.2. The number of aryl methyl sites for hydroxylation is 1. The molecule has 234 valence electrons. The van der Waals surface area contributed by atoms with Gasteiger partial charge in [-0.3, -0.25) is 0 Å². The van der Waals surface area contributed by atoms with Crippen LogP contribution in [0.2, 0.25) is 0 Å². The second kappa shape index (κ2) is 11.6. The third-order valence-corrected chi connectivity index (χ3v) is 11.6. The van der Waals surface area contributed by atoms with Gasteiger partial charge in [0.15, 0.2) is 0 Å². The van der Waals surface area contributed by atoms with E-state index >= 15 is 0 Å². The molecule has 0 aliphatic carbocycles. The molecule has 0 aliphatic rings. The zero-order chi connectivity index (χ0) is 34.1. The third kappa shape index (κ3) is 4.59. The number of hydrogen-bond donors (Lipinski definition) is 0. The second-order valence-corrected chi connectivity index (χ2v) is 14.3. The molecule has 0 radical (unpaired) electrons. The lowest BCUT2D eigenvalue weighted by Gasteiger charge is -2.18. The topological polar surface area (TPSA) is 0 Å². The third-order valence-electron chi connectivity index (χ3n) is 10.3. The summed E-state index contributed by atoms with van der Waals surface area (Å²) in [6.07, 6.45) is 0. The van der Waals surface area contributed by atoms with Crippen LogP contribution in [-0.2, 0) is 0 Å². The molecule has 0 amide bonds. The van der Waals surface area contributed by atoms with E-state index in [0.29, 0.717) is 6.04 Å². The molecule has 0 unspecified atom stereocenters. The number of benzene rings is 9. The minimum Gasteiger partial charge on any atom is -0.135 e. The zero-order valence-corrected chi connectivity index (χ0v) is 28.4. The van der Waals surface area contributed by atoms with E-state index in [-0.39, 0.29) is 0 Å². The van der Waals surface area contributed by atoms with Crippen LogP contribution in [-0.4, -0.2) is 0 Å². The summed E-state index contributed by atoms with van der Waals surface area (Å²) in [5.41, 5.74) is 11.2. The van der Waals surface area contributed by atoms with Gasteiger partial charge in [-0.1, -0.05) is 164 Å². The van der Waals surface area contributed by atoms with Crippen molar-refractivity contribution in [3.63, 3.8) is 0 Å². The fourth-order valence-corrected chi connectivity index (χ4v) is 9.10. The Bertz CT molecular complexity index is 2910. The predicted octanol–water partition coefficient (Wildman–Crippen LogP) is 14.5. The van der Waals surface area contributed by atoms with Crippen LogP contribution in [0.3, 0.4) is 0 Å². The first-order chi connectivity index (χ1) is 25.1. The Morgan fingerprint density at radius 1 is 0.420 bits per heavy atom. The van der Waals surface area contributed by atoms with Crippen LogP contribution in [0.15, 0.2) is 176 Å². The summed E-state index contributed by atoms with van der Waals surface area (Å²) in [6, 6.07) is 62.2. The Morgan fingerprint density at radius 3 is 1.60 bits per heavy atom. The summed E-state index contributed by atoms with van der Waals surface area (Å²) >= 11 is 1.89. The standard InChI is InChI=1S/C49H32S/c1-31-18-29-39(48-44-16-8-9-17-45(44)50-49(31)48)34-22-26-36(27-23-34)47-42-14-6-4-12-40(42)46(41-13-5-7-15-43(41)47)35-24-19-33(20-25-35)38-28-21-32-10-2-3-11-37(32)30-38/h2-30H,1H3/i2D. The van der Waals surface area contributed by atoms with E-state index in [2.05, 4.69) is 159 Å². The summed E-state index contributed by atoms with van der Waals surface area (Å²) in [6.45, 7) is 2.22. The van der Waals surface area contributed by atoms with Crippen LogP contribution in [0.25, 0.3) is 97.0 Å². The van der Waals surface area contributed by atoms with Crippen molar-refractivity contribution in [3.05, 3.63) is 181 Å². The summed E-state index contributed by atoms with van der Waals surface area (Å²) in [5, 5.41) is 9.97. The van der Waals surface area contributed by atoms with Gasteiger partial charge in [-0.15, -0.1) is 11.3 Å². The highest BCUT2D eigenvalue weighted by molar-refractivity contribution is 7.26. The molecule has 9 aromatic carbocycles. The molecule has 10 aromatic rings.